The molecule has 168 valence electrons. The van der Waals surface area contributed by atoms with Crippen LogP contribution in [0.3, 0.4) is 0 Å². The number of methoxy groups -OCH3 is 1. The van der Waals surface area contributed by atoms with E-state index in [4.69, 9.17) is 9.57 Å². The third kappa shape index (κ3) is 3.46. The van der Waals surface area contributed by atoms with Gasteiger partial charge in [0.05, 0.1) is 29.0 Å². The number of aromatic hydroxyl groups is 1. The number of carbonyl (C=O) groups is 2. The number of halogens is 1. The molecule has 0 unspecified atom stereocenters. The van der Waals surface area contributed by atoms with Crippen LogP contribution in [0.4, 0.5) is 11.4 Å². The number of ether oxygens (including phenoxy) is 1. The lowest BCUT2D eigenvalue weighted by molar-refractivity contribution is -0.126. The Labute approximate surface area is 199 Å². The van der Waals surface area contributed by atoms with Crippen LogP contribution in [0.5, 0.6) is 11.5 Å². The first-order valence-electron chi connectivity index (χ1n) is 10.4. The van der Waals surface area contributed by atoms with Crippen LogP contribution < -0.4 is 14.7 Å². The maximum absolute atomic E-state index is 13.7. The predicted molar refractivity (Wildman–Crippen MR) is 126 cm³/mol. The van der Waals surface area contributed by atoms with Gasteiger partial charge in [0.2, 0.25) is 5.91 Å². The molecular formula is C25H21BrN2O5. The molecule has 3 aromatic carbocycles. The van der Waals surface area contributed by atoms with Gasteiger partial charge in [-0.1, -0.05) is 35.9 Å². The smallest absolute Gasteiger partial charge is 0.266 e. The Kier molecular flexibility index (Phi) is 5.34. The van der Waals surface area contributed by atoms with Crippen molar-refractivity contribution in [2.45, 2.75) is 19.1 Å². The molecule has 0 saturated carbocycles. The van der Waals surface area contributed by atoms with E-state index in [9.17, 15) is 14.7 Å². The Morgan fingerprint density at radius 1 is 0.970 bits per heavy atom. The summed E-state index contributed by atoms with van der Waals surface area (Å²) in [5, 5.41) is 11.9. The molecule has 2 fully saturated rings. The Hall–Kier alpha value is -3.36. The highest BCUT2D eigenvalue weighted by Gasteiger charge is 2.60. The number of phenolic OH excluding ortho intramolecular Hbond substituents is 1. The van der Waals surface area contributed by atoms with Crippen LogP contribution >= 0.6 is 15.9 Å². The third-order valence-corrected chi connectivity index (χ3v) is 6.63. The number of para-hydroxylation sites is 1. The van der Waals surface area contributed by atoms with E-state index in [-0.39, 0.29) is 17.4 Å². The van der Waals surface area contributed by atoms with Crippen LogP contribution in [0, 0.1) is 12.8 Å². The number of hydrogen-bond acceptors (Lipinski definition) is 6. The fourth-order valence-electron chi connectivity index (χ4n) is 4.42. The first-order valence-corrected chi connectivity index (χ1v) is 11.2. The number of imide groups is 1. The van der Waals surface area contributed by atoms with Gasteiger partial charge in [0.25, 0.3) is 5.91 Å². The van der Waals surface area contributed by atoms with E-state index < -0.39 is 24.0 Å². The van der Waals surface area contributed by atoms with Gasteiger partial charge >= 0.3 is 0 Å². The Bertz CT molecular complexity index is 1230. The highest BCUT2D eigenvalue weighted by molar-refractivity contribution is 9.10. The van der Waals surface area contributed by atoms with Crippen LogP contribution in [0.2, 0.25) is 0 Å². The topological polar surface area (TPSA) is 79.3 Å². The zero-order valence-electron chi connectivity index (χ0n) is 17.9. The molecule has 5 rings (SSSR count). The largest absolute Gasteiger partial charge is 0.503 e. The predicted octanol–water partition coefficient (Wildman–Crippen LogP) is 4.52. The summed E-state index contributed by atoms with van der Waals surface area (Å²) in [7, 11) is 1.46. The van der Waals surface area contributed by atoms with Gasteiger partial charge in [0.1, 0.15) is 5.92 Å². The van der Waals surface area contributed by atoms with E-state index in [1.807, 2.05) is 49.4 Å². The number of carbonyl (C=O) groups excluding carboxylic acids is 2. The molecule has 2 amide bonds. The van der Waals surface area contributed by atoms with Crippen molar-refractivity contribution in [1.82, 2.24) is 0 Å². The van der Waals surface area contributed by atoms with Crippen LogP contribution in [0.25, 0.3) is 0 Å². The summed E-state index contributed by atoms with van der Waals surface area (Å²) in [6, 6.07) is 19.3. The average molecular weight is 509 g/mol. The molecule has 8 heteroatoms. The van der Waals surface area contributed by atoms with Crippen molar-refractivity contribution >= 4 is 39.1 Å². The number of rotatable bonds is 4. The van der Waals surface area contributed by atoms with E-state index in [1.54, 1.807) is 29.3 Å². The second kappa shape index (κ2) is 8.20. The molecule has 0 radical (unpaired) electrons. The number of amides is 2. The van der Waals surface area contributed by atoms with Crippen molar-refractivity contribution in [2.75, 3.05) is 17.1 Å². The van der Waals surface area contributed by atoms with Crippen molar-refractivity contribution in [3.8, 4) is 11.5 Å². The average Bonchev–Trinajstić information content (AvgIpc) is 3.33. The molecule has 33 heavy (non-hydrogen) atoms. The molecule has 2 saturated heterocycles. The van der Waals surface area contributed by atoms with Crippen LogP contribution in [0.1, 0.15) is 17.2 Å². The number of phenols is 1. The fraction of sp³-hybridized carbons (Fsp3) is 0.200. The molecule has 2 aliphatic rings. The lowest BCUT2D eigenvalue weighted by atomic mass is 9.90. The number of fused-ring (bicyclic) bond motifs is 1. The second-order valence-corrected chi connectivity index (χ2v) is 8.91. The molecule has 0 aliphatic carbocycles. The maximum atomic E-state index is 13.7. The summed E-state index contributed by atoms with van der Waals surface area (Å²) in [6.07, 6.45) is -0.970. The van der Waals surface area contributed by atoms with Gasteiger partial charge in [-0.05, 0) is 64.8 Å². The molecule has 2 heterocycles. The highest BCUT2D eigenvalue weighted by atomic mass is 79.9. The molecule has 1 N–H and O–H groups in total. The Balaban J connectivity index is 1.62. The molecular weight excluding hydrogens is 488 g/mol. The summed E-state index contributed by atoms with van der Waals surface area (Å²) < 4.78 is 5.74. The minimum absolute atomic E-state index is 0.0434. The third-order valence-electron chi connectivity index (χ3n) is 6.03. The van der Waals surface area contributed by atoms with E-state index in [0.717, 1.165) is 5.56 Å². The zero-order chi connectivity index (χ0) is 23.3. The summed E-state index contributed by atoms with van der Waals surface area (Å²) in [5.74, 6) is -1.30. The van der Waals surface area contributed by atoms with E-state index in [1.165, 1.54) is 12.0 Å². The van der Waals surface area contributed by atoms with E-state index in [2.05, 4.69) is 15.9 Å². The summed E-state index contributed by atoms with van der Waals surface area (Å²) >= 11 is 3.36. The molecule has 3 aromatic rings. The lowest BCUT2D eigenvalue weighted by Gasteiger charge is -2.29. The normalized spacial score (nSPS) is 22.1. The molecule has 7 nitrogen and oxygen atoms in total. The minimum Gasteiger partial charge on any atom is -0.503 e. The van der Waals surface area contributed by atoms with Gasteiger partial charge < -0.3 is 9.84 Å². The number of aryl methyl sites for hydroxylation is 1. The van der Waals surface area contributed by atoms with E-state index in [0.29, 0.717) is 21.4 Å². The minimum atomic E-state index is -0.970. The first kappa shape index (κ1) is 21.5. The summed E-state index contributed by atoms with van der Waals surface area (Å²) in [4.78, 5) is 34.4. The summed E-state index contributed by atoms with van der Waals surface area (Å²) in [6.45, 7) is 1.94. The number of benzene rings is 3. The van der Waals surface area contributed by atoms with Crippen LogP contribution in [-0.4, -0.2) is 30.1 Å². The molecule has 2 aliphatic heterocycles. The van der Waals surface area contributed by atoms with Crippen LogP contribution in [0.15, 0.2) is 71.2 Å². The van der Waals surface area contributed by atoms with Gasteiger partial charge in [-0.15, -0.1) is 0 Å². The van der Waals surface area contributed by atoms with Gasteiger partial charge in [0, 0.05) is 0 Å². The first-order chi connectivity index (χ1) is 15.9. The number of hydrogen-bond donors (Lipinski definition) is 1. The molecule has 0 spiro atoms. The lowest BCUT2D eigenvalue weighted by Crippen LogP contribution is -2.37. The van der Waals surface area contributed by atoms with Crippen LogP contribution in [-0.2, 0) is 14.4 Å². The Morgan fingerprint density at radius 2 is 1.67 bits per heavy atom. The molecule has 0 bridgehead atoms. The Morgan fingerprint density at radius 3 is 2.33 bits per heavy atom. The van der Waals surface area contributed by atoms with Crippen molar-refractivity contribution < 1.29 is 24.3 Å². The molecule has 0 aromatic heterocycles. The number of anilines is 2. The van der Waals surface area contributed by atoms with Crippen molar-refractivity contribution in [3.05, 3.63) is 82.3 Å². The van der Waals surface area contributed by atoms with Gasteiger partial charge in [-0.2, -0.15) is 0 Å². The van der Waals surface area contributed by atoms with Gasteiger partial charge in [-0.3, -0.25) is 14.4 Å². The standard InChI is InChI=1S/C25H21BrN2O5/c1-14-8-10-16(11-9-14)27-24(30)20-21(15-12-18(26)22(29)19(13-15)32-2)28(33-23(20)25(27)31)17-6-4-3-5-7-17/h3-13,20-21,23,29H,1-2H3/t20-,21-,23+/m1/s1. The van der Waals surface area contributed by atoms with Crippen molar-refractivity contribution in [2.24, 2.45) is 5.92 Å². The second-order valence-electron chi connectivity index (χ2n) is 8.06. The maximum Gasteiger partial charge on any atom is 0.266 e. The van der Waals surface area contributed by atoms with E-state index >= 15 is 0 Å². The highest BCUT2D eigenvalue weighted by Crippen LogP contribution is 2.49. The molecule has 3 atom stereocenters. The SMILES string of the molecule is COc1cc([C@@H]2[C@H]3C(=O)N(c4ccc(C)cc4)C(=O)[C@H]3ON2c2ccccc2)cc(Br)c1O. The monoisotopic (exact) mass is 508 g/mol. The number of hydroxylamine groups is 1. The van der Waals surface area contributed by atoms with Gasteiger partial charge in [-0.25, -0.2) is 9.96 Å². The summed E-state index contributed by atoms with van der Waals surface area (Å²) in [5.41, 5.74) is 2.92. The quantitative estimate of drug-likeness (QED) is 0.521. The zero-order valence-corrected chi connectivity index (χ0v) is 19.5. The fourth-order valence-corrected chi connectivity index (χ4v) is 4.88. The van der Waals surface area contributed by atoms with Crippen molar-refractivity contribution in [3.63, 3.8) is 0 Å². The van der Waals surface area contributed by atoms with Gasteiger partial charge in [0.15, 0.2) is 17.6 Å². The number of nitrogens with zero attached hydrogens (tertiary/aromatic N) is 2. The van der Waals surface area contributed by atoms with Crippen molar-refractivity contribution in [1.29, 1.82) is 0 Å².